The molecule has 2 fully saturated rings. The van der Waals surface area contributed by atoms with Crippen molar-refractivity contribution in [3.05, 3.63) is 48.0 Å². The smallest absolute Gasteiger partial charge is 0.327 e. The molecular weight excluding hydrogens is 342 g/mol. The van der Waals surface area contributed by atoms with Crippen LogP contribution >= 0.6 is 0 Å². The summed E-state index contributed by atoms with van der Waals surface area (Å²) in [7, 11) is 1.52. The molecule has 4 amide bonds. The molecule has 2 aromatic carbocycles. The summed E-state index contributed by atoms with van der Waals surface area (Å²) in [6, 6.07) is 14.0. The summed E-state index contributed by atoms with van der Waals surface area (Å²) in [5, 5.41) is 2.26. The topological polar surface area (TPSA) is 60.9 Å². The minimum atomic E-state index is -0.222. The monoisotopic (exact) mass is 365 g/mol. The molecule has 2 heterocycles. The average molecular weight is 365 g/mol. The maximum absolute atomic E-state index is 12.8. The fourth-order valence-electron chi connectivity index (χ4n) is 4.05. The molecule has 0 spiro atoms. The molecule has 4 rings (SSSR count). The zero-order valence-corrected chi connectivity index (χ0v) is 15.4. The molecule has 2 aromatic rings. The average Bonchev–Trinajstić information content (AvgIpc) is 2.96. The molecular formula is C21H23N3O3. The van der Waals surface area contributed by atoms with E-state index in [-0.39, 0.29) is 30.4 Å². The number of urea groups is 1. The minimum Gasteiger partial charge on any atom is -0.342 e. The number of fused-ring (bicyclic) bond motifs is 1. The van der Waals surface area contributed by atoms with E-state index in [0.717, 1.165) is 16.3 Å². The van der Waals surface area contributed by atoms with Crippen molar-refractivity contribution in [2.24, 2.45) is 0 Å². The Morgan fingerprint density at radius 2 is 1.74 bits per heavy atom. The molecule has 0 bridgehead atoms. The second kappa shape index (κ2) is 7.02. The van der Waals surface area contributed by atoms with Crippen LogP contribution in [0, 0.1) is 0 Å². The van der Waals surface area contributed by atoms with Crippen LogP contribution < -0.4 is 0 Å². The summed E-state index contributed by atoms with van der Waals surface area (Å²) in [5.74, 6) is -0.0415. The van der Waals surface area contributed by atoms with E-state index in [0.29, 0.717) is 32.4 Å². The van der Waals surface area contributed by atoms with Crippen LogP contribution in [-0.2, 0) is 16.0 Å². The van der Waals surface area contributed by atoms with Gasteiger partial charge in [-0.05, 0) is 29.2 Å². The van der Waals surface area contributed by atoms with Gasteiger partial charge in [-0.25, -0.2) is 4.79 Å². The van der Waals surface area contributed by atoms with Crippen molar-refractivity contribution < 1.29 is 14.4 Å². The molecule has 0 atom stereocenters. The molecule has 0 unspecified atom stereocenters. The van der Waals surface area contributed by atoms with Gasteiger partial charge in [-0.1, -0.05) is 42.5 Å². The molecule has 6 nitrogen and oxygen atoms in total. The van der Waals surface area contributed by atoms with E-state index >= 15 is 0 Å². The summed E-state index contributed by atoms with van der Waals surface area (Å²) in [6.45, 7) is 1.40. The van der Waals surface area contributed by atoms with Gasteiger partial charge in [-0.2, -0.15) is 0 Å². The van der Waals surface area contributed by atoms with Crippen molar-refractivity contribution in [3.63, 3.8) is 0 Å². The number of benzene rings is 2. The van der Waals surface area contributed by atoms with E-state index in [2.05, 4.69) is 18.2 Å². The first-order valence-corrected chi connectivity index (χ1v) is 9.36. The molecule has 27 heavy (non-hydrogen) atoms. The summed E-state index contributed by atoms with van der Waals surface area (Å²) in [6.07, 6.45) is 1.82. The second-order valence-corrected chi connectivity index (χ2v) is 7.29. The van der Waals surface area contributed by atoms with Crippen molar-refractivity contribution in [3.8, 4) is 0 Å². The highest BCUT2D eigenvalue weighted by Gasteiger charge is 2.39. The van der Waals surface area contributed by atoms with Gasteiger partial charge in [0.05, 0.1) is 6.42 Å². The standard InChI is InChI=1S/C21H23N3O3/c1-22-20(26)14-24(21(22)27)17-9-11-23(12-10-17)19(25)13-16-7-4-6-15-5-2-3-8-18(15)16/h2-8,17H,9-14H2,1H3. The number of amides is 4. The van der Waals surface area contributed by atoms with Gasteiger partial charge in [0.1, 0.15) is 6.54 Å². The number of piperidine rings is 1. The van der Waals surface area contributed by atoms with Gasteiger partial charge in [-0.3, -0.25) is 14.5 Å². The third-order valence-corrected chi connectivity index (χ3v) is 5.69. The third kappa shape index (κ3) is 3.27. The van der Waals surface area contributed by atoms with Crippen molar-refractivity contribution >= 4 is 28.6 Å². The Hall–Kier alpha value is -2.89. The number of rotatable bonds is 3. The van der Waals surface area contributed by atoms with Crippen LogP contribution in [0.25, 0.3) is 10.8 Å². The Morgan fingerprint density at radius 3 is 2.44 bits per heavy atom. The van der Waals surface area contributed by atoms with Crippen LogP contribution in [0.2, 0.25) is 0 Å². The number of hydrogen-bond donors (Lipinski definition) is 0. The second-order valence-electron chi connectivity index (χ2n) is 7.29. The van der Waals surface area contributed by atoms with Gasteiger partial charge in [0.2, 0.25) is 11.8 Å². The zero-order chi connectivity index (χ0) is 19.0. The first-order chi connectivity index (χ1) is 13.0. The molecule has 0 aromatic heterocycles. The van der Waals surface area contributed by atoms with E-state index in [1.807, 2.05) is 29.2 Å². The van der Waals surface area contributed by atoms with Crippen molar-refractivity contribution in [2.75, 3.05) is 26.7 Å². The normalized spacial score (nSPS) is 18.6. The lowest BCUT2D eigenvalue weighted by Gasteiger charge is -2.36. The van der Waals surface area contributed by atoms with E-state index in [9.17, 15) is 14.4 Å². The lowest BCUT2D eigenvalue weighted by atomic mass is 10.00. The maximum atomic E-state index is 12.8. The van der Waals surface area contributed by atoms with Gasteiger partial charge < -0.3 is 9.80 Å². The van der Waals surface area contributed by atoms with Gasteiger partial charge in [0.25, 0.3) is 0 Å². The first kappa shape index (κ1) is 17.5. The Bertz CT molecular complexity index is 897. The van der Waals surface area contributed by atoms with Crippen LogP contribution in [0.3, 0.4) is 0 Å². The van der Waals surface area contributed by atoms with E-state index in [4.69, 9.17) is 0 Å². The highest BCUT2D eigenvalue weighted by molar-refractivity contribution is 6.01. The van der Waals surface area contributed by atoms with Crippen LogP contribution in [-0.4, -0.2) is 65.3 Å². The number of likely N-dealkylation sites (N-methyl/N-ethyl adjacent to an activating group) is 1. The summed E-state index contributed by atoms with van der Waals surface area (Å²) in [4.78, 5) is 41.4. The predicted molar refractivity (Wildman–Crippen MR) is 102 cm³/mol. The van der Waals surface area contributed by atoms with Crippen molar-refractivity contribution in [1.82, 2.24) is 14.7 Å². The lowest BCUT2D eigenvalue weighted by Crippen LogP contribution is -2.48. The highest BCUT2D eigenvalue weighted by Crippen LogP contribution is 2.23. The Labute approximate surface area is 158 Å². The number of likely N-dealkylation sites (tertiary alicyclic amines) is 1. The summed E-state index contributed by atoms with van der Waals surface area (Å²) < 4.78 is 0. The molecule has 140 valence electrons. The van der Waals surface area contributed by atoms with Gasteiger partial charge in [0.15, 0.2) is 0 Å². The van der Waals surface area contributed by atoms with Crippen LogP contribution in [0.1, 0.15) is 18.4 Å². The Kier molecular flexibility index (Phi) is 4.56. The summed E-state index contributed by atoms with van der Waals surface area (Å²) in [5.41, 5.74) is 1.04. The molecule has 0 N–H and O–H groups in total. The number of nitrogens with zero attached hydrogens (tertiary/aromatic N) is 3. The predicted octanol–water partition coefficient (Wildman–Crippen LogP) is 2.27. The molecule has 2 aliphatic heterocycles. The fraction of sp³-hybridized carbons (Fsp3) is 0.381. The maximum Gasteiger partial charge on any atom is 0.327 e. The Balaban J connectivity index is 1.39. The van der Waals surface area contributed by atoms with E-state index in [1.54, 1.807) is 4.90 Å². The SMILES string of the molecule is CN1C(=O)CN(C2CCN(C(=O)Cc3cccc4ccccc34)CC2)C1=O. The summed E-state index contributed by atoms with van der Waals surface area (Å²) >= 11 is 0. The van der Waals surface area contributed by atoms with Crippen LogP contribution in [0.5, 0.6) is 0 Å². The van der Waals surface area contributed by atoms with Gasteiger partial charge in [-0.15, -0.1) is 0 Å². The molecule has 6 heteroatoms. The molecule has 2 aliphatic rings. The molecule has 0 saturated carbocycles. The number of carbonyl (C=O) groups excluding carboxylic acids is 3. The third-order valence-electron chi connectivity index (χ3n) is 5.69. The van der Waals surface area contributed by atoms with E-state index < -0.39 is 0 Å². The fourth-order valence-corrected chi connectivity index (χ4v) is 4.05. The molecule has 0 aliphatic carbocycles. The van der Waals surface area contributed by atoms with Crippen molar-refractivity contribution in [2.45, 2.75) is 25.3 Å². The number of carbonyl (C=O) groups is 3. The Morgan fingerprint density at radius 1 is 1.04 bits per heavy atom. The zero-order valence-electron chi connectivity index (χ0n) is 15.4. The minimum absolute atomic E-state index is 0.0352. The number of hydrogen-bond acceptors (Lipinski definition) is 3. The van der Waals surface area contributed by atoms with Gasteiger partial charge in [0, 0.05) is 26.2 Å². The quantitative estimate of drug-likeness (QED) is 0.784. The number of imide groups is 1. The van der Waals surface area contributed by atoms with Crippen LogP contribution in [0.4, 0.5) is 4.79 Å². The van der Waals surface area contributed by atoms with Crippen LogP contribution in [0.15, 0.2) is 42.5 Å². The molecule has 0 radical (unpaired) electrons. The highest BCUT2D eigenvalue weighted by atomic mass is 16.2. The first-order valence-electron chi connectivity index (χ1n) is 9.36. The molecule has 2 saturated heterocycles. The lowest BCUT2D eigenvalue weighted by molar-refractivity contribution is -0.132. The van der Waals surface area contributed by atoms with Gasteiger partial charge >= 0.3 is 6.03 Å². The van der Waals surface area contributed by atoms with Crippen molar-refractivity contribution in [1.29, 1.82) is 0 Å². The van der Waals surface area contributed by atoms with E-state index in [1.165, 1.54) is 11.9 Å². The largest absolute Gasteiger partial charge is 0.342 e.